The van der Waals surface area contributed by atoms with Crippen molar-refractivity contribution in [3.05, 3.63) is 35.9 Å². The molecule has 1 aromatic rings. The first-order valence-corrected chi connectivity index (χ1v) is 12.5. The van der Waals surface area contributed by atoms with E-state index < -0.39 is 19.1 Å². The molecule has 4 heteroatoms. The molecule has 0 unspecified atom stereocenters. The smallest absolute Gasteiger partial charge is 0.129 e. The SMILES string of the molecule is CC(C)(C)[S@](=O)N[C@H](C#C[Si](C)(C)C)CCc1ccccc1. The molecule has 0 aliphatic carbocycles. The quantitative estimate of drug-likeness (QED) is 0.641. The molecule has 0 aliphatic heterocycles. The zero-order valence-electron chi connectivity index (χ0n) is 14.7. The van der Waals surface area contributed by atoms with Crippen LogP contribution in [-0.4, -0.2) is 23.1 Å². The highest BCUT2D eigenvalue weighted by Gasteiger charge is 2.22. The van der Waals surface area contributed by atoms with Crippen LogP contribution >= 0.6 is 0 Å². The second-order valence-electron chi connectivity index (χ2n) is 7.60. The molecule has 0 saturated carbocycles. The van der Waals surface area contributed by atoms with Crippen molar-refractivity contribution in [3.63, 3.8) is 0 Å². The van der Waals surface area contributed by atoms with E-state index in [1.807, 2.05) is 26.8 Å². The summed E-state index contributed by atoms with van der Waals surface area (Å²) in [6.45, 7) is 12.6. The standard InChI is InChI=1S/C18H29NOSSi/c1-18(2,3)21(20)19-17(14-15-22(4,5)6)13-12-16-10-8-7-9-11-16/h7-11,17,19H,12-13H2,1-6H3/t17-,21-/m0/s1. The van der Waals surface area contributed by atoms with E-state index >= 15 is 0 Å². The maximum atomic E-state index is 12.4. The van der Waals surface area contributed by atoms with Crippen molar-refractivity contribution in [2.24, 2.45) is 0 Å². The second-order valence-corrected chi connectivity index (χ2v) is 14.3. The highest BCUT2D eigenvalue weighted by atomic mass is 32.2. The molecular formula is C18H29NOSSi. The fourth-order valence-corrected chi connectivity index (χ4v) is 3.12. The third-order valence-electron chi connectivity index (χ3n) is 2.99. The third kappa shape index (κ3) is 7.93. The van der Waals surface area contributed by atoms with Gasteiger partial charge in [0.15, 0.2) is 0 Å². The predicted molar refractivity (Wildman–Crippen MR) is 101 cm³/mol. The molecular weight excluding hydrogens is 306 g/mol. The van der Waals surface area contributed by atoms with Crippen molar-refractivity contribution in [1.29, 1.82) is 0 Å². The van der Waals surface area contributed by atoms with Crippen LogP contribution in [0.25, 0.3) is 0 Å². The monoisotopic (exact) mass is 335 g/mol. The number of aryl methyl sites for hydroxylation is 1. The Morgan fingerprint density at radius 2 is 1.77 bits per heavy atom. The summed E-state index contributed by atoms with van der Waals surface area (Å²) >= 11 is 0. The lowest BCUT2D eigenvalue weighted by Gasteiger charge is -2.22. The molecule has 0 fully saturated rings. The van der Waals surface area contributed by atoms with Gasteiger partial charge in [-0.1, -0.05) is 55.9 Å². The lowest BCUT2D eigenvalue weighted by molar-refractivity contribution is 0.612. The highest BCUT2D eigenvalue weighted by Crippen LogP contribution is 2.12. The molecule has 1 aromatic carbocycles. The van der Waals surface area contributed by atoms with Crippen LogP contribution in [0.15, 0.2) is 30.3 Å². The summed E-state index contributed by atoms with van der Waals surface area (Å²) in [6, 6.07) is 10.4. The van der Waals surface area contributed by atoms with Crippen LogP contribution in [0.2, 0.25) is 19.6 Å². The average molecular weight is 336 g/mol. The van der Waals surface area contributed by atoms with E-state index in [9.17, 15) is 4.21 Å². The van der Waals surface area contributed by atoms with Gasteiger partial charge < -0.3 is 0 Å². The van der Waals surface area contributed by atoms with Gasteiger partial charge in [-0.25, -0.2) is 8.93 Å². The minimum absolute atomic E-state index is 0.0213. The second kappa shape index (κ2) is 8.10. The zero-order chi connectivity index (χ0) is 16.8. The number of hydrogen-bond acceptors (Lipinski definition) is 1. The minimum atomic E-state index is -1.43. The van der Waals surface area contributed by atoms with Gasteiger partial charge in [-0.3, -0.25) is 0 Å². The average Bonchev–Trinajstić information content (AvgIpc) is 2.40. The molecule has 2 nitrogen and oxygen atoms in total. The molecule has 0 saturated heterocycles. The molecule has 122 valence electrons. The Labute approximate surface area is 139 Å². The van der Waals surface area contributed by atoms with Gasteiger partial charge in [0.05, 0.1) is 21.8 Å². The molecule has 0 heterocycles. The van der Waals surface area contributed by atoms with E-state index in [4.69, 9.17) is 0 Å². The van der Waals surface area contributed by atoms with Crippen molar-refractivity contribution in [1.82, 2.24) is 4.72 Å². The Bertz CT molecular complexity index is 546. The van der Waals surface area contributed by atoms with Gasteiger partial charge in [-0.15, -0.1) is 5.54 Å². The maximum Gasteiger partial charge on any atom is 0.129 e. The van der Waals surface area contributed by atoms with Crippen LogP contribution in [0, 0.1) is 11.5 Å². The van der Waals surface area contributed by atoms with Crippen LogP contribution in [0.4, 0.5) is 0 Å². The lowest BCUT2D eigenvalue weighted by Crippen LogP contribution is -2.39. The summed E-state index contributed by atoms with van der Waals surface area (Å²) in [5.74, 6) is 3.34. The van der Waals surface area contributed by atoms with Crippen molar-refractivity contribution < 1.29 is 4.21 Å². The zero-order valence-corrected chi connectivity index (χ0v) is 16.5. The van der Waals surface area contributed by atoms with Crippen molar-refractivity contribution in [3.8, 4) is 11.5 Å². The molecule has 0 aromatic heterocycles. The number of nitrogens with one attached hydrogen (secondary N) is 1. The molecule has 0 aliphatic rings. The van der Waals surface area contributed by atoms with Crippen LogP contribution in [0.1, 0.15) is 32.8 Å². The topological polar surface area (TPSA) is 29.1 Å². The first kappa shape index (κ1) is 19.2. The number of benzene rings is 1. The van der Waals surface area contributed by atoms with Gasteiger partial charge in [0, 0.05) is 0 Å². The summed E-state index contributed by atoms with van der Waals surface area (Å²) in [5, 5.41) is 0. The Kier molecular flexibility index (Phi) is 7.05. The third-order valence-corrected chi connectivity index (χ3v) is 5.50. The predicted octanol–water partition coefficient (Wildman–Crippen LogP) is 3.92. The van der Waals surface area contributed by atoms with E-state index in [2.05, 4.69) is 60.1 Å². The Morgan fingerprint density at radius 3 is 2.27 bits per heavy atom. The van der Waals surface area contributed by atoms with E-state index in [1.165, 1.54) is 5.56 Å². The highest BCUT2D eigenvalue weighted by molar-refractivity contribution is 7.84. The molecule has 1 rings (SSSR count). The van der Waals surface area contributed by atoms with Crippen molar-refractivity contribution in [2.45, 2.75) is 64.0 Å². The molecule has 1 N–H and O–H groups in total. The van der Waals surface area contributed by atoms with Crippen molar-refractivity contribution >= 4 is 19.1 Å². The first-order chi connectivity index (χ1) is 10.1. The lowest BCUT2D eigenvalue weighted by atomic mass is 10.1. The maximum absolute atomic E-state index is 12.4. The minimum Gasteiger partial charge on any atom is -0.242 e. The summed E-state index contributed by atoms with van der Waals surface area (Å²) < 4.78 is 15.3. The molecule has 0 radical (unpaired) electrons. The van der Waals surface area contributed by atoms with Gasteiger partial charge in [0.1, 0.15) is 8.07 Å². The summed E-state index contributed by atoms with van der Waals surface area (Å²) in [5.41, 5.74) is 4.70. The fourth-order valence-electron chi connectivity index (χ4n) is 1.73. The normalized spacial score (nSPS) is 14.8. The van der Waals surface area contributed by atoms with Gasteiger partial charge in [-0.05, 0) is 39.2 Å². The van der Waals surface area contributed by atoms with Crippen LogP contribution in [0.3, 0.4) is 0 Å². The number of rotatable bonds is 5. The molecule has 0 spiro atoms. The van der Waals surface area contributed by atoms with Crippen LogP contribution in [0.5, 0.6) is 0 Å². The van der Waals surface area contributed by atoms with Gasteiger partial charge >= 0.3 is 0 Å². The molecule has 22 heavy (non-hydrogen) atoms. The van der Waals surface area contributed by atoms with Gasteiger partial charge in [-0.2, -0.15) is 0 Å². The van der Waals surface area contributed by atoms with Crippen LogP contribution < -0.4 is 4.72 Å². The van der Waals surface area contributed by atoms with Crippen molar-refractivity contribution in [2.75, 3.05) is 0 Å². The Hall–Kier alpha value is -0.893. The van der Waals surface area contributed by atoms with E-state index in [-0.39, 0.29) is 10.8 Å². The van der Waals surface area contributed by atoms with Gasteiger partial charge in [0.2, 0.25) is 0 Å². The Morgan fingerprint density at radius 1 is 1.18 bits per heavy atom. The molecule has 0 bridgehead atoms. The van der Waals surface area contributed by atoms with E-state index in [1.54, 1.807) is 0 Å². The first-order valence-electron chi connectivity index (χ1n) is 7.82. The largest absolute Gasteiger partial charge is 0.242 e. The molecule has 2 atom stereocenters. The molecule has 0 amide bonds. The Balaban J connectivity index is 2.77. The van der Waals surface area contributed by atoms with Gasteiger partial charge in [0.25, 0.3) is 0 Å². The number of hydrogen-bond donors (Lipinski definition) is 1. The summed E-state index contributed by atoms with van der Waals surface area (Å²) in [7, 11) is -2.52. The van der Waals surface area contributed by atoms with E-state index in [0.717, 1.165) is 12.8 Å². The fraction of sp³-hybridized carbons (Fsp3) is 0.556. The summed E-state index contributed by atoms with van der Waals surface area (Å²) in [6.07, 6.45) is 1.82. The summed E-state index contributed by atoms with van der Waals surface area (Å²) in [4.78, 5) is 0. The van der Waals surface area contributed by atoms with Crippen LogP contribution in [-0.2, 0) is 17.4 Å². The van der Waals surface area contributed by atoms with E-state index in [0.29, 0.717) is 0 Å².